The highest BCUT2D eigenvalue weighted by atomic mass is 79.9. The number of benzene rings is 1. The van der Waals surface area contributed by atoms with Crippen molar-refractivity contribution in [2.45, 2.75) is 32.2 Å². The summed E-state index contributed by atoms with van der Waals surface area (Å²) in [6, 6.07) is 6.65. The van der Waals surface area contributed by atoms with Crippen LogP contribution < -0.4 is 10.1 Å². The highest BCUT2D eigenvalue weighted by Gasteiger charge is 2.26. The Balaban J connectivity index is 2.09. The summed E-state index contributed by atoms with van der Waals surface area (Å²) < 4.78 is 12.0. The van der Waals surface area contributed by atoms with Crippen LogP contribution in [0.25, 0.3) is 0 Å². The molecule has 1 aliphatic rings. The molecular formula is C16H24BrNO2. The molecule has 0 aromatic heterocycles. The van der Waals surface area contributed by atoms with Crippen molar-refractivity contribution >= 4 is 15.9 Å². The number of methoxy groups -OCH3 is 1. The molecule has 3 nitrogen and oxygen atoms in total. The Labute approximate surface area is 130 Å². The van der Waals surface area contributed by atoms with Gasteiger partial charge in [0.2, 0.25) is 0 Å². The normalized spacial score (nSPS) is 20.1. The predicted molar refractivity (Wildman–Crippen MR) is 85.4 cm³/mol. The van der Waals surface area contributed by atoms with E-state index in [0.29, 0.717) is 12.0 Å². The number of hydrogen-bond acceptors (Lipinski definition) is 3. The minimum absolute atomic E-state index is 0.473. The summed E-state index contributed by atoms with van der Waals surface area (Å²) in [6.45, 7) is 5.04. The standard InChI is InChI=1S/C16H24BrNO2/c1-3-7-18-16(12-6-8-20-11-12)10-13-9-14(19-2)4-5-15(13)17/h4-5,9,12,16,18H,3,6-8,10-11H2,1-2H3. The van der Waals surface area contributed by atoms with Gasteiger partial charge >= 0.3 is 0 Å². The Morgan fingerprint density at radius 1 is 1.50 bits per heavy atom. The van der Waals surface area contributed by atoms with Crippen LogP contribution in [0.4, 0.5) is 0 Å². The van der Waals surface area contributed by atoms with E-state index in [4.69, 9.17) is 9.47 Å². The smallest absolute Gasteiger partial charge is 0.119 e. The van der Waals surface area contributed by atoms with Crippen LogP contribution in [0.2, 0.25) is 0 Å². The van der Waals surface area contributed by atoms with Gasteiger partial charge < -0.3 is 14.8 Å². The van der Waals surface area contributed by atoms with Crippen molar-refractivity contribution in [3.63, 3.8) is 0 Å². The van der Waals surface area contributed by atoms with Crippen LogP contribution in [0.5, 0.6) is 5.75 Å². The minimum atomic E-state index is 0.473. The lowest BCUT2D eigenvalue weighted by Crippen LogP contribution is -2.39. The molecule has 0 amide bonds. The third-order valence-electron chi connectivity index (χ3n) is 3.88. The van der Waals surface area contributed by atoms with E-state index in [2.05, 4.69) is 40.3 Å². The first-order valence-corrected chi connectivity index (χ1v) is 8.17. The lowest BCUT2D eigenvalue weighted by Gasteiger charge is -2.24. The van der Waals surface area contributed by atoms with Gasteiger partial charge in [0.15, 0.2) is 0 Å². The molecule has 4 heteroatoms. The Hall–Kier alpha value is -0.580. The molecule has 1 aliphatic heterocycles. The molecule has 1 aromatic rings. The van der Waals surface area contributed by atoms with E-state index in [9.17, 15) is 0 Å². The van der Waals surface area contributed by atoms with Gasteiger partial charge in [-0.2, -0.15) is 0 Å². The van der Waals surface area contributed by atoms with Gasteiger partial charge in [-0.25, -0.2) is 0 Å². The molecule has 0 radical (unpaired) electrons. The first kappa shape index (κ1) is 15.8. The summed E-state index contributed by atoms with van der Waals surface area (Å²) in [5, 5.41) is 3.68. The molecule has 2 rings (SSSR count). The Kier molecular flexibility index (Phi) is 6.33. The van der Waals surface area contributed by atoms with Gasteiger partial charge in [-0.05, 0) is 49.6 Å². The van der Waals surface area contributed by atoms with E-state index < -0.39 is 0 Å². The molecule has 1 aromatic carbocycles. The fourth-order valence-corrected chi connectivity index (χ4v) is 3.09. The van der Waals surface area contributed by atoms with Crippen molar-refractivity contribution in [1.82, 2.24) is 5.32 Å². The summed E-state index contributed by atoms with van der Waals surface area (Å²) in [4.78, 5) is 0. The van der Waals surface area contributed by atoms with Gasteiger partial charge in [-0.3, -0.25) is 0 Å². The van der Waals surface area contributed by atoms with Crippen LogP contribution in [-0.2, 0) is 11.2 Å². The maximum Gasteiger partial charge on any atom is 0.119 e. The Morgan fingerprint density at radius 3 is 3.00 bits per heavy atom. The second-order valence-electron chi connectivity index (χ2n) is 5.35. The van der Waals surface area contributed by atoms with Crippen molar-refractivity contribution in [3.8, 4) is 5.75 Å². The maximum absolute atomic E-state index is 5.55. The van der Waals surface area contributed by atoms with E-state index in [1.54, 1.807) is 7.11 Å². The Bertz CT molecular complexity index is 419. The summed E-state index contributed by atoms with van der Waals surface area (Å²) in [5.74, 6) is 1.53. The van der Waals surface area contributed by atoms with Crippen LogP contribution in [-0.4, -0.2) is 32.9 Å². The first-order valence-electron chi connectivity index (χ1n) is 7.38. The molecule has 1 N–H and O–H groups in total. The molecule has 0 saturated carbocycles. The zero-order chi connectivity index (χ0) is 14.4. The van der Waals surface area contributed by atoms with Crippen molar-refractivity contribution in [1.29, 1.82) is 0 Å². The number of ether oxygens (including phenoxy) is 2. The van der Waals surface area contributed by atoms with Gasteiger partial charge in [0, 0.05) is 23.0 Å². The topological polar surface area (TPSA) is 30.5 Å². The molecule has 2 atom stereocenters. The van der Waals surface area contributed by atoms with Crippen LogP contribution in [0.15, 0.2) is 22.7 Å². The second-order valence-corrected chi connectivity index (χ2v) is 6.20. The lowest BCUT2D eigenvalue weighted by molar-refractivity contribution is 0.176. The van der Waals surface area contributed by atoms with Crippen molar-refractivity contribution in [2.24, 2.45) is 5.92 Å². The molecule has 112 valence electrons. The molecule has 0 bridgehead atoms. The fraction of sp³-hybridized carbons (Fsp3) is 0.625. The molecule has 1 saturated heterocycles. The highest BCUT2D eigenvalue weighted by Crippen LogP contribution is 2.27. The van der Waals surface area contributed by atoms with Gasteiger partial charge in [0.25, 0.3) is 0 Å². The van der Waals surface area contributed by atoms with E-state index >= 15 is 0 Å². The van der Waals surface area contributed by atoms with Gasteiger partial charge in [0.05, 0.1) is 13.7 Å². The zero-order valence-electron chi connectivity index (χ0n) is 12.3. The van der Waals surface area contributed by atoms with E-state index in [-0.39, 0.29) is 0 Å². The summed E-state index contributed by atoms with van der Waals surface area (Å²) in [6.07, 6.45) is 3.32. The minimum Gasteiger partial charge on any atom is -0.497 e. The van der Waals surface area contributed by atoms with Crippen LogP contribution >= 0.6 is 15.9 Å². The molecule has 1 heterocycles. The van der Waals surface area contributed by atoms with E-state index in [1.807, 2.05) is 6.07 Å². The van der Waals surface area contributed by atoms with E-state index in [1.165, 1.54) is 5.56 Å². The van der Waals surface area contributed by atoms with Crippen LogP contribution in [0.3, 0.4) is 0 Å². The monoisotopic (exact) mass is 341 g/mol. The average molecular weight is 342 g/mol. The zero-order valence-corrected chi connectivity index (χ0v) is 13.9. The van der Waals surface area contributed by atoms with Crippen molar-refractivity contribution in [3.05, 3.63) is 28.2 Å². The van der Waals surface area contributed by atoms with Gasteiger partial charge in [-0.1, -0.05) is 22.9 Å². The molecule has 2 unspecified atom stereocenters. The summed E-state index contributed by atoms with van der Waals surface area (Å²) in [5.41, 5.74) is 1.30. The van der Waals surface area contributed by atoms with Gasteiger partial charge in [0.1, 0.15) is 5.75 Å². The highest BCUT2D eigenvalue weighted by molar-refractivity contribution is 9.10. The Morgan fingerprint density at radius 2 is 2.35 bits per heavy atom. The summed E-state index contributed by atoms with van der Waals surface area (Å²) >= 11 is 3.65. The average Bonchev–Trinajstić information content (AvgIpc) is 2.99. The van der Waals surface area contributed by atoms with Gasteiger partial charge in [-0.15, -0.1) is 0 Å². The van der Waals surface area contributed by atoms with Crippen LogP contribution in [0.1, 0.15) is 25.3 Å². The number of hydrogen-bond donors (Lipinski definition) is 1. The second kappa shape index (κ2) is 8.01. The van der Waals surface area contributed by atoms with Crippen molar-refractivity contribution < 1.29 is 9.47 Å². The fourth-order valence-electron chi connectivity index (χ4n) is 2.68. The quantitative estimate of drug-likeness (QED) is 0.824. The lowest BCUT2D eigenvalue weighted by atomic mass is 9.92. The third kappa shape index (κ3) is 4.21. The molecule has 0 spiro atoms. The first-order chi connectivity index (χ1) is 9.74. The molecule has 1 fully saturated rings. The van der Waals surface area contributed by atoms with Crippen molar-refractivity contribution in [2.75, 3.05) is 26.9 Å². The number of halogens is 1. The number of rotatable bonds is 7. The molecule has 0 aliphatic carbocycles. The number of nitrogens with one attached hydrogen (secondary N) is 1. The van der Waals surface area contributed by atoms with Crippen LogP contribution in [0, 0.1) is 5.92 Å². The maximum atomic E-state index is 5.55. The predicted octanol–water partition coefficient (Wildman–Crippen LogP) is 3.40. The largest absolute Gasteiger partial charge is 0.497 e. The third-order valence-corrected chi connectivity index (χ3v) is 4.66. The summed E-state index contributed by atoms with van der Waals surface area (Å²) in [7, 11) is 1.71. The molecule has 20 heavy (non-hydrogen) atoms. The van der Waals surface area contributed by atoms with E-state index in [0.717, 1.165) is 49.2 Å². The molecular weight excluding hydrogens is 318 g/mol. The SMILES string of the molecule is CCCNC(Cc1cc(OC)ccc1Br)C1CCOC1.